The first kappa shape index (κ1) is 18.0. The third-order valence-electron chi connectivity index (χ3n) is 6.23. The van der Waals surface area contributed by atoms with Crippen LogP contribution in [-0.4, -0.2) is 39.4 Å². The monoisotopic (exact) mass is 369 g/mol. The molecule has 0 radical (unpaired) electrons. The van der Waals surface area contributed by atoms with E-state index in [4.69, 9.17) is 0 Å². The Kier molecular flexibility index (Phi) is 4.90. The Hall–Kier alpha value is -2.36. The smallest absolute Gasteiger partial charge is 0.243 e. The topological polar surface area (TPSA) is 91.0 Å². The first-order valence-electron chi connectivity index (χ1n) is 10.1. The number of imidazole rings is 1. The summed E-state index contributed by atoms with van der Waals surface area (Å²) >= 11 is 0. The molecule has 2 saturated carbocycles. The summed E-state index contributed by atoms with van der Waals surface area (Å²) in [5, 5.41) is 12.6. The van der Waals surface area contributed by atoms with Gasteiger partial charge in [-0.15, -0.1) is 0 Å². The van der Waals surface area contributed by atoms with E-state index in [-0.39, 0.29) is 11.8 Å². The number of hydrogen-bond acceptors (Lipinski definition) is 4. The number of nitrogens with zero attached hydrogens (tertiary/aromatic N) is 4. The van der Waals surface area contributed by atoms with Gasteiger partial charge in [0.1, 0.15) is 11.2 Å². The van der Waals surface area contributed by atoms with Crippen LogP contribution in [0.25, 0.3) is 0 Å². The SMILES string of the molecule is N#CC1(C(=O)N2CCc3ncc(CNC(=O)CC4CC4)n3CC2)CCCC1. The van der Waals surface area contributed by atoms with Gasteiger partial charge in [-0.1, -0.05) is 12.8 Å². The van der Waals surface area contributed by atoms with Gasteiger partial charge in [-0.2, -0.15) is 5.26 Å². The van der Waals surface area contributed by atoms with Crippen LogP contribution in [0.15, 0.2) is 6.20 Å². The molecule has 0 saturated heterocycles. The first-order valence-corrected chi connectivity index (χ1v) is 10.1. The van der Waals surface area contributed by atoms with E-state index in [0.717, 1.165) is 24.4 Å². The molecule has 1 aromatic rings. The Balaban J connectivity index is 1.38. The Labute approximate surface area is 159 Å². The van der Waals surface area contributed by atoms with Crippen molar-refractivity contribution in [2.75, 3.05) is 13.1 Å². The van der Waals surface area contributed by atoms with E-state index in [0.29, 0.717) is 57.8 Å². The molecule has 27 heavy (non-hydrogen) atoms. The second-order valence-electron chi connectivity index (χ2n) is 8.18. The zero-order chi connectivity index (χ0) is 18.9. The van der Waals surface area contributed by atoms with Crippen LogP contribution >= 0.6 is 0 Å². The molecule has 0 unspecified atom stereocenters. The molecule has 2 heterocycles. The zero-order valence-corrected chi connectivity index (χ0v) is 15.7. The van der Waals surface area contributed by atoms with Gasteiger partial charge in [-0.3, -0.25) is 9.59 Å². The molecule has 144 valence electrons. The van der Waals surface area contributed by atoms with Crippen LogP contribution in [0, 0.1) is 22.7 Å². The number of rotatable bonds is 5. The number of fused-ring (bicyclic) bond motifs is 1. The highest BCUT2D eigenvalue weighted by atomic mass is 16.2. The largest absolute Gasteiger partial charge is 0.350 e. The molecule has 2 amide bonds. The maximum absolute atomic E-state index is 13.0. The van der Waals surface area contributed by atoms with Gasteiger partial charge in [0.25, 0.3) is 0 Å². The molecule has 7 nitrogen and oxygen atoms in total. The lowest BCUT2D eigenvalue weighted by Gasteiger charge is -2.28. The van der Waals surface area contributed by atoms with Crippen molar-refractivity contribution in [2.45, 2.75) is 64.5 Å². The molecule has 4 rings (SSSR count). The molecule has 0 spiro atoms. The molecule has 7 heteroatoms. The minimum atomic E-state index is -0.813. The molecule has 2 aliphatic carbocycles. The van der Waals surface area contributed by atoms with Gasteiger partial charge in [0.15, 0.2) is 0 Å². The lowest BCUT2D eigenvalue weighted by Crippen LogP contribution is -2.43. The van der Waals surface area contributed by atoms with Crippen LogP contribution in [0.1, 0.15) is 56.5 Å². The van der Waals surface area contributed by atoms with Crippen molar-refractivity contribution in [1.29, 1.82) is 5.26 Å². The average Bonchev–Trinajstić information content (AvgIpc) is 3.27. The van der Waals surface area contributed by atoms with Crippen molar-refractivity contribution >= 4 is 11.8 Å². The third-order valence-corrected chi connectivity index (χ3v) is 6.23. The summed E-state index contributed by atoms with van der Waals surface area (Å²) in [5.74, 6) is 1.63. The summed E-state index contributed by atoms with van der Waals surface area (Å²) in [6, 6.07) is 2.31. The molecule has 1 aromatic heterocycles. The minimum Gasteiger partial charge on any atom is -0.350 e. The van der Waals surface area contributed by atoms with Gasteiger partial charge in [-0.25, -0.2) is 4.98 Å². The Morgan fingerprint density at radius 3 is 2.74 bits per heavy atom. The van der Waals surface area contributed by atoms with E-state index in [1.807, 2.05) is 11.1 Å². The highest BCUT2D eigenvalue weighted by Gasteiger charge is 2.44. The van der Waals surface area contributed by atoms with Crippen molar-refractivity contribution in [2.24, 2.45) is 11.3 Å². The van der Waals surface area contributed by atoms with Gasteiger partial charge in [-0.05, 0) is 31.6 Å². The number of nitriles is 1. The van der Waals surface area contributed by atoms with Crippen molar-refractivity contribution in [3.05, 3.63) is 17.7 Å². The summed E-state index contributed by atoms with van der Waals surface area (Å²) in [6.07, 6.45) is 8.76. The van der Waals surface area contributed by atoms with E-state index in [1.165, 1.54) is 12.8 Å². The fourth-order valence-electron chi connectivity index (χ4n) is 4.34. The quantitative estimate of drug-likeness (QED) is 0.856. The number of nitrogens with one attached hydrogen (secondary N) is 1. The van der Waals surface area contributed by atoms with Crippen molar-refractivity contribution in [3.8, 4) is 6.07 Å². The predicted octanol–water partition coefficient (Wildman–Crippen LogP) is 1.77. The van der Waals surface area contributed by atoms with E-state index < -0.39 is 5.41 Å². The summed E-state index contributed by atoms with van der Waals surface area (Å²) in [6.45, 7) is 2.34. The summed E-state index contributed by atoms with van der Waals surface area (Å²) < 4.78 is 2.12. The van der Waals surface area contributed by atoms with Crippen molar-refractivity contribution < 1.29 is 9.59 Å². The summed E-state index contributed by atoms with van der Waals surface area (Å²) in [7, 11) is 0. The summed E-state index contributed by atoms with van der Waals surface area (Å²) in [5.41, 5.74) is 0.172. The molecule has 3 aliphatic rings. The first-order chi connectivity index (χ1) is 13.1. The molecular formula is C20H27N5O2. The van der Waals surface area contributed by atoms with Crippen LogP contribution in [0.5, 0.6) is 0 Å². The zero-order valence-electron chi connectivity index (χ0n) is 15.7. The molecule has 0 bridgehead atoms. The fourth-order valence-corrected chi connectivity index (χ4v) is 4.34. The molecule has 2 fully saturated rings. The van der Waals surface area contributed by atoms with E-state index in [2.05, 4.69) is 20.9 Å². The highest BCUT2D eigenvalue weighted by Crippen LogP contribution is 2.39. The van der Waals surface area contributed by atoms with Crippen LogP contribution < -0.4 is 5.32 Å². The standard InChI is InChI=1S/C20H27N5O2/c21-14-20(6-1-2-7-20)19(27)24-8-5-17-22-12-16(25(17)10-9-24)13-23-18(26)11-15-3-4-15/h12,15H,1-11,13H2,(H,23,26). The van der Waals surface area contributed by atoms with E-state index in [1.54, 1.807) is 0 Å². The van der Waals surface area contributed by atoms with Gasteiger partial charge in [0.05, 0.1) is 24.5 Å². The van der Waals surface area contributed by atoms with Gasteiger partial charge < -0.3 is 14.8 Å². The van der Waals surface area contributed by atoms with Gasteiger partial charge in [0.2, 0.25) is 11.8 Å². The molecule has 0 atom stereocenters. The van der Waals surface area contributed by atoms with E-state index >= 15 is 0 Å². The van der Waals surface area contributed by atoms with Crippen molar-refractivity contribution in [3.63, 3.8) is 0 Å². The fraction of sp³-hybridized carbons (Fsp3) is 0.700. The Morgan fingerprint density at radius 2 is 2.04 bits per heavy atom. The number of carbonyl (C=O) groups is 2. The van der Waals surface area contributed by atoms with E-state index in [9.17, 15) is 14.9 Å². The molecular weight excluding hydrogens is 342 g/mol. The Bertz CT molecular complexity index is 768. The van der Waals surface area contributed by atoms with Gasteiger partial charge in [0, 0.05) is 32.5 Å². The average molecular weight is 369 g/mol. The molecule has 0 aromatic carbocycles. The second-order valence-corrected chi connectivity index (χ2v) is 8.18. The predicted molar refractivity (Wildman–Crippen MR) is 98.2 cm³/mol. The van der Waals surface area contributed by atoms with Crippen LogP contribution in [0.3, 0.4) is 0 Å². The second kappa shape index (κ2) is 7.34. The Morgan fingerprint density at radius 1 is 1.26 bits per heavy atom. The maximum atomic E-state index is 13.0. The number of hydrogen-bond donors (Lipinski definition) is 1. The summed E-state index contributed by atoms with van der Waals surface area (Å²) in [4.78, 5) is 31.3. The third kappa shape index (κ3) is 3.71. The molecule has 1 aliphatic heterocycles. The molecule has 1 N–H and O–H groups in total. The lowest BCUT2D eigenvalue weighted by molar-refractivity contribution is -0.138. The van der Waals surface area contributed by atoms with Crippen LogP contribution in [0.2, 0.25) is 0 Å². The number of carbonyl (C=O) groups excluding carboxylic acids is 2. The highest BCUT2D eigenvalue weighted by molar-refractivity contribution is 5.85. The number of aromatic nitrogens is 2. The minimum absolute atomic E-state index is 0.00691. The van der Waals surface area contributed by atoms with Crippen LogP contribution in [-0.2, 0) is 29.1 Å². The van der Waals surface area contributed by atoms with Gasteiger partial charge >= 0.3 is 0 Å². The maximum Gasteiger partial charge on any atom is 0.243 e. The van der Waals surface area contributed by atoms with Crippen LogP contribution in [0.4, 0.5) is 0 Å². The lowest BCUT2D eigenvalue weighted by atomic mass is 9.86. The number of amides is 2. The normalized spacial score (nSPS) is 21.2. The van der Waals surface area contributed by atoms with Crippen molar-refractivity contribution in [1.82, 2.24) is 19.8 Å².